The fourth-order valence-corrected chi connectivity index (χ4v) is 11.4. The third-order valence-corrected chi connectivity index (χ3v) is 14.5. The Balaban J connectivity index is 1.04. The molecule has 0 saturated heterocycles. The van der Waals surface area contributed by atoms with Crippen LogP contribution in [0.5, 0.6) is 0 Å². The van der Waals surface area contributed by atoms with Crippen LogP contribution < -0.4 is 15.8 Å². The van der Waals surface area contributed by atoms with E-state index < -0.39 is 7.14 Å². The lowest BCUT2D eigenvalue weighted by atomic mass is 9.91. The van der Waals surface area contributed by atoms with Crippen LogP contribution >= 0.6 is 7.14 Å². The molecular weight excluding hydrogens is 744 g/mol. The van der Waals surface area contributed by atoms with Crippen LogP contribution in [0, 0.1) is 5.41 Å². The van der Waals surface area contributed by atoms with E-state index in [4.69, 9.17) is 9.97 Å². The number of aromatic nitrogens is 4. The second-order valence-electron chi connectivity index (χ2n) is 15.2. The van der Waals surface area contributed by atoms with Gasteiger partial charge < -0.3 is 14.0 Å². The Bertz CT molecular complexity index is 3160. The lowest BCUT2D eigenvalue weighted by Crippen LogP contribution is -2.32. The van der Waals surface area contributed by atoms with Crippen molar-refractivity contribution in [3.63, 3.8) is 0 Å². The molecule has 0 amide bonds. The number of anilines is 2. The van der Waals surface area contributed by atoms with Gasteiger partial charge in [-0.2, -0.15) is 0 Å². The minimum atomic E-state index is -3.96. The molecule has 0 bridgehead atoms. The molecule has 1 N–H and O–H groups in total. The van der Waals surface area contributed by atoms with Crippen molar-refractivity contribution in [3.8, 4) is 5.82 Å². The van der Waals surface area contributed by atoms with E-state index in [1.54, 1.807) is 18.2 Å². The number of allylic oxidation sites excluding steroid dienone is 6. The molecule has 284 valence electrons. The Labute approximate surface area is 342 Å². The molecule has 4 aromatic heterocycles. The Hall–Kier alpha value is -7.08. The Morgan fingerprint density at radius 1 is 0.678 bits per heavy atom. The molecular formula is C51H39N6OP. The first-order chi connectivity index (χ1) is 29.1. The average molecular weight is 783 g/mol. The van der Waals surface area contributed by atoms with Crippen LogP contribution in [0.2, 0.25) is 0 Å². The van der Waals surface area contributed by atoms with E-state index in [0.717, 1.165) is 45.9 Å². The largest absolute Gasteiger partial charge is 0.320 e. The normalized spacial score (nSPS) is 17.9. The van der Waals surface area contributed by atoms with E-state index >= 15 is 4.57 Å². The summed E-state index contributed by atoms with van der Waals surface area (Å²) in [6, 6.07) is 44.7. The fraction of sp³-hybridized carbons (Fsp3) is 0.0784. The van der Waals surface area contributed by atoms with Gasteiger partial charge in [-0.3, -0.25) is 9.98 Å². The van der Waals surface area contributed by atoms with E-state index in [-0.39, 0.29) is 17.4 Å². The molecule has 4 aromatic carbocycles. The highest BCUT2D eigenvalue weighted by Crippen LogP contribution is 2.49. The summed E-state index contributed by atoms with van der Waals surface area (Å²) in [6.45, 7) is 0. The fourth-order valence-electron chi connectivity index (χ4n) is 9.28. The van der Waals surface area contributed by atoms with Crippen molar-refractivity contribution >= 4 is 80.0 Å². The molecule has 1 aliphatic heterocycles. The topological polar surface area (TPSA) is 79.8 Å². The molecule has 0 spiro atoms. The summed E-state index contributed by atoms with van der Waals surface area (Å²) in [5.41, 5.74) is 8.51. The molecule has 7 nitrogen and oxygen atoms in total. The zero-order chi connectivity index (χ0) is 39.5. The molecule has 11 rings (SSSR count). The van der Waals surface area contributed by atoms with Gasteiger partial charge in [0.25, 0.3) is 0 Å². The van der Waals surface area contributed by atoms with Gasteiger partial charge in [-0.15, -0.1) is 0 Å². The summed E-state index contributed by atoms with van der Waals surface area (Å²) >= 11 is 0. The van der Waals surface area contributed by atoms with Crippen LogP contribution in [0.4, 0.5) is 11.5 Å². The number of fused-ring (bicyclic) bond motifs is 9. The first-order valence-corrected chi connectivity index (χ1v) is 21.8. The van der Waals surface area contributed by atoms with Gasteiger partial charge in [0.05, 0.1) is 22.6 Å². The van der Waals surface area contributed by atoms with Crippen LogP contribution in [0.1, 0.15) is 29.2 Å². The van der Waals surface area contributed by atoms with Crippen molar-refractivity contribution in [2.45, 2.75) is 24.8 Å². The van der Waals surface area contributed by atoms with Gasteiger partial charge >= 0.3 is 0 Å². The maximum absolute atomic E-state index is 16.2. The summed E-state index contributed by atoms with van der Waals surface area (Å²) in [5.74, 6) is 1.47. The van der Waals surface area contributed by atoms with E-state index in [0.29, 0.717) is 22.5 Å². The zero-order valence-corrected chi connectivity index (χ0v) is 33.0. The highest BCUT2D eigenvalue weighted by molar-refractivity contribution is 7.93. The number of pyridine rings is 2. The van der Waals surface area contributed by atoms with Crippen LogP contribution in [0.3, 0.4) is 0 Å². The Morgan fingerprint density at radius 2 is 1.32 bits per heavy atom. The van der Waals surface area contributed by atoms with Crippen molar-refractivity contribution in [3.05, 3.63) is 199 Å². The predicted molar refractivity (Wildman–Crippen MR) is 245 cm³/mol. The molecule has 8 heteroatoms. The summed E-state index contributed by atoms with van der Waals surface area (Å²) in [7, 11) is -3.96. The molecule has 0 fully saturated rings. The molecule has 3 unspecified atom stereocenters. The van der Waals surface area contributed by atoms with Crippen LogP contribution in [-0.4, -0.2) is 30.6 Å². The summed E-state index contributed by atoms with van der Waals surface area (Å²) in [5, 5.41) is 13.1. The molecule has 0 radical (unpaired) electrons. The lowest BCUT2D eigenvalue weighted by Gasteiger charge is -2.28. The van der Waals surface area contributed by atoms with Crippen LogP contribution in [-0.2, 0) is 11.0 Å². The number of nitrogens with one attached hydrogen (secondary N) is 1. The van der Waals surface area contributed by atoms with E-state index in [1.165, 1.54) is 22.2 Å². The number of nitrogens with zero attached hydrogens (tertiary/aromatic N) is 5. The minimum Gasteiger partial charge on any atom is -0.320 e. The van der Waals surface area contributed by atoms with E-state index in [2.05, 4.69) is 117 Å². The molecule has 8 aromatic rings. The van der Waals surface area contributed by atoms with Gasteiger partial charge in [0.1, 0.15) is 28.0 Å². The van der Waals surface area contributed by atoms with Gasteiger partial charge in [-0.25, -0.2) is 9.97 Å². The van der Waals surface area contributed by atoms with Crippen LogP contribution in [0.25, 0.3) is 50.8 Å². The molecule has 5 heterocycles. The third-order valence-electron chi connectivity index (χ3n) is 11.9. The second-order valence-corrected chi connectivity index (χ2v) is 17.8. The maximum Gasteiger partial charge on any atom is 0.222 e. The quantitative estimate of drug-likeness (QED) is 0.0946. The van der Waals surface area contributed by atoms with Gasteiger partial charge in [-0.05, 0) is 79.1 Å². The lowest BCUT2D eigenvalue weighted by molar-refractivity contribution is 0.592. The number of benzene rings is 4. The standard InChI is InChI=1S/C51H39N6OP/c52-47(29-13-14-34-55-41-23-7-1-17-35(41)36-18-2-8-24-42(36)55)59(58,50-32-15-30-48(53-50)56-43-25-9-3-19-37(43)38-20-4-10-26-44(38)56)51-33-16-31-49(54-51)57-45-27-11-5-21-39(45)40-22-6-12-28-46(40)57/h1-7,9-23,25-34,37,43,52H,8,24H2/b29-13-,34-14+,52-47?. The van der Waals surface area contributed by atoms with Gasteiger partial charge in [0, 0.05) is 45.2 Å². The highest BCUT2D eigenvalue weighted by atomic mass is 31.2. The number of hydrogen-bond acceptors (Lipinski definition) is 5. The van der Waals surface area contributed by atoms with Gasteiger partial charge in [-0.1, -0.05) is 127 Å². The maximum atomic E-state index is 16.2. The average Bonchev–Trinajstić information content (AvgIpc) is 3.93. The van der Waals surface area contributed by atoms with Crippen molar-refractivity contribution in [2.75, 3.05) is 4.90 Å². The van der Waals surface area contributed by atoms with E-state index in [1.807, 2.05) is 72.9 Å². The molecule has 3 atom stereocenters. The van der Waals surface area contributed by atoms with Gasteiger partial charge in [0.2, 0.25) is 7.14 Å². The molecule has 59 heavy (non-hydrogen) atoms. The first-order valence-electron chi connectivity index (χ1n) is 20.1. The first kappa shape index (κ1) is 35.1. The summed E-state index contributed by atoms with van der Waals surface area (Å²) < 4.78 is 20.5. The third kappa shape index (κ3) is 5.57. The molecule has 0 saturated carbocycles. The molecule has 3 aliphatic rings. The Morgan fingerprint density at radius 3 is 2.10 bits per heavy atom. The van der Waals surface area contributed by atoms with Gasteiger partial charge in [0.15, 0.2) is 0 Å². The summed E-state index contributed by atoms with van der Waals surface area (Å²) in [6.07, 6.45) is 22.4. The van der Waals surface area contributed by atoms with Crippen molar-refractivity contribution in [1.82, 2.24) is 19.1 Å². The predicted octanol–water partition coefficient (Wildman–Crippen LogP) is 11.2. The number of para-hydroxylation sites is 4. The minimum absolute atomic E-state index is 0.0202. The van der Waals surface area contributed by atoms with Crippen molar-refractivity contribution in [2.24, 2.45) is 0 Å². The number of hydrogen-bond donors (Lipinski definition) is 1. The van der Waals surface area contributed by atoms with Crippen LogP contribution in [0.15, 0.2) is 182 Å². The highest BCUT2D eigenvalue weighted by Gasteiger charge is 2.40. The number of rotatable bonds is 8. The van der Waals surface area contributed by atoms with E-state index in [9.17, 15) is 5.41 Å². The van der Waals surface area contributed by atoms with Crippen molar-refractivity contribution < 1.29 is 4.57 Å². The Kier molecular flexibility index (Phi) is 8.38. The molecule has 2 aliphatic carbocycles. The van der Waals surface area contributed by atoms with Crippen molar-refractivity contribution in [1.29, 1.82) is 5.41 Å². The SMILES string of the molecule is N=C(/C=C\C=C\n1c2c(c3ccccc31)C=CCC2)P(=O)(c1cccc(N2c3ccccc3C3C=CC=CC32)n1)c1cccc(-n2c3ccccc3c3ccccc32)n1. The smallest absolute Gasteiger partial charge is 0.222 e. The second kappa shape index (κ2) is 14.1. The summed E-state index contributed by atoms with van der Waals surface area (Å²) in [4.78, 5) is 12.6. The monoisotopic (exact) mass is 782 g/mol. The zero-order valence-electron chi connectivity index (χ0n) is 32.1.